The minimum absolute atomic E-state index is 1.20. The van der Waals surface area contributed by atoms with E-state index in [2.05, 4.69) is 98.8 Å². The Kier molecular flexibility index (Phi) is 8.96. The summed E-state index contributed by atoms with van der Waals surface area (Å²) in [4.78, 5) is 0. The van der Waals surface area contributed by atoms with Gasteiger partial charge in [0.05, 0.1) is 0 Å². The molecule has 0 N–H and O–H groups in total. The predicted molar refractivity (Wildman–Crippen MR) is 141 cm³/mol. The van der Waals surface area contributed by atoms with Gasteiger partial charge in [0, 0.05) is 0 Å². The normalized spacial score (nSPS) is 15.8. The zero-order chi connectivity index (χ0) is 22.9. The second-order valence-electron chi connectivity index (χ2n) is 9.83. The van der Waals surface area contributed by atoms with Crippen LogP contribution in [0.15, 0.2) is 103 Å². The van der Waals surface area contributed by atoms with Gasteiger partial charge in [0.1, 0.15) is 0 Å². The molecule has 0 bridgehead atoms. The zero-order valence-electron chi connectivity index (χ0n) is 20.7. The molecule has 1 heteroatoms. The first kappa shape index (κ1) is 24.4. The zero-order valence-corrected chi connectivity index (χ0v) is 24.2. The number of unbranched alkanes of at least 4 members (excludes halogenated alkanes) is 2. The summed E-state index contributed by atoms with van der Waals surface area (Å²) in [5.74, 6) is 0. The Bertz CT molecular complexity index is 935. The number of hydrogen-bond acceptors (Lipinski definition) is 0. The van der Waals surface area contributed by atoms with Crippen LogP contribution in [0.2, 0.25) is 0 Å². The molecule has 0 amide bonds. The van der Waals surface area contributed by atoms with E-state index in [9.17, 15) is 0 Å². The van der Waals surface area contributed by atoms with Crippen molar-refractivity contribution in [3.8, 4) is 0 Å². The third-order valence-electron chi connectivity index (χ3n) is 7.51. The van der Waals surface area contributed by atoms with E-state index in [1.165, 1.54) is 59.7 Å². The minimum atomic E-state index is -3.23. The van der Waals surface area contributed by atoms with Gasteiger partial charge in [-0.3, -0.25) is 0 Å². The second-order valence-corrected chi connectivity index (χ2v) is 24.5. The van der Waals surface area contributed by atoms with E-state index in [0.29, 0.717) is 0 Å². The number of hydrogen-bond donors (Lipinski definition) is 0. The van der Waals surface area contributed by atoms with Crippen molar-refractivity contribution in [2.45, 2.75) is 73.6 Å². The first-order chi connectivity index (χ1) is 16.3. The Morgan fingerprint density at radius 2 is 1.03 bits per heavy atom. The van der Waals surface area contributed by atoms with Gasteiger partial charge in [-0.2, -0.15) is 0 Å². The molecule has 0 nitrogen and oxygen atoms in total. The van der Waals surface area contributed by atoms with Crippen LogP contribution < -0.4 is 0 Å². The molecule has 0 radical (unpaired) electrons. The van der Waals surface area contributed by atoms with E-state index < -0.39 is 20.0 Å². The maximum atomic E-state index is 2.50. The summed E-state index contributed by atoms with van der Waals surface area (Å²) in [7, 11) is 0. The van der Waals surface area contributed by atoms with Crippen molar-refractivity contribution in [1.82, 2.24) is 0 Å². The average molecular weight is 603 g/mol. The molecule has 33 heavy (non-hydrogen) atoms. The topological polar surface area (TPSA) is 0 Å². The van der Waals surface area contributed by atoms with Gasteiger partial charge in [0.25, 0.3) is 0 Å². The van der Waals surface area contributed by atoms with E-state index in [4.69, 9.17) is 0 Å². The van der Waals surface area contributed by atoms with Crippen molar-refractivity contribution in [1.29, 1.82) is 0 Å². The molecule has 2 aromatic carbocycles. The van der Waals surface area contributed by atoms with Gasteiger partial charge in [-0.1, -0.05) is 0 Å². The molecule has 172 valence electrons. The molecule has 0 saturated carbocycles. The third kappa shape index (κ3) is 5.86. The fraction of sp³-hybridized carbons (Fsp3) is 0.375. The van der Waals surface area contributed by atoms with Gasteiger partial charge in [0.2, 0.25) is 0 Å². The van der Waals surface area contributed by atoms with Gasteiger partial charge in [-0.15, -0.1) is 0 Å². The molecule has 4 rings (SSSR count). The summed E-state index contributed by atoms with van der Waals surface area (Å²) in [5.41, 5.74) is 6.52. The second kappa shape index (κ2) is 12.1. The van der Waals surface area contributed by atoms with Crippen LogP contribution in [0.3, 0.4) is 0 Å². The van der Waals surface area contributed by atoms with Gasteiger partial charge < -0.3 is 0 Å². The van der Waals surface area contributed by atoms with Crippen LogP contribution in [0, 0.1) is 0 Å². The molecular weight excluding hydrogens is 563 g/mol. The Labute approximate surface area is 206 Å². The standard InChI is InChI=1S/2C9H13.2C7H7.Hf/c2*1-2-3-6-9-7-4-5-8-9;2*1-7-5-3-2-4-6-7;/h2*4,7H,2-3,5-6H2,1H3;2*2-6H,1H2;. The maximum absolute atomic E-state index is 3.23. The van der Waals surface area contributed by atoms with Crippen LogP contribution in [0.4, 0.5) is 0 Å². The van der Waals surface area contributed by atoms with Crippen molar-refractivity contribution in [2.75, 3.05) is 0 Å². The molecule has 0 aliphatic heterocycles. The first-order valence-electron chi connectivity index (χ1n) is 13.1. The first-order valence-corrected chi connectivity index (χ1v) is 21.8. The summed E-state index contributed by atoms with van der Waals surface area (Å²) < 4.78 is 6.44. The molecule has 0 aromatic heterocycles. The fourth-order valence-electron chi connectivity index (χ4n) is 5.87. The number of rotatable bonds is 12. The molecule has 0 spiro atoms. The Morgan fingerprint density at radius 3 is 1.42 bits per heavy atom. The molecule has 0 fully saturated rings. The van der Waals surface area contributed by atoms with Crippen molar-refractivity contribution < 1.29 is 20.0 Å². The number of benzene rings is 2. The quantitative estimate of drug-likeness (QED) is 0.212. The van der Waals surface area contributed by atoms with E-state index in [0.717, 1.165) is 0 Å². The van der Waals surface area contributed by atoms with Crippen molar-refractivity contribution >= 4 is 0 Å². The molecule has 2 aromatic rings. The molecule has 2 aliphatic rings. The average Bonchev–Trinajstić information content (AvgIpc) is 3.52. The predicted octanol–water partition coefficient (Wildman–Crippen LogP) is 9.35. The molecule has 0 saturated heterocycles. The fourth-order valence-corrected chi connectivity index (χ4v) is 27.0. The van der Waals surface area contributed by atoms with Gasteiger partial charge in [0.15, 0.2) is 0 Å². The van der Waals surface area contributed by atoms with Gasteiger partial charge in [-0.05, 0) is 0 Å². The van der Waals surface area contributed by atoms with E-state index in [-0.39, 0.29) is 0 Å². The summed E-state index contributed by atoms with van der Waals surface area (Å²) in [6.45, 7) is 4.66. The Hall–Kier alpha value is -1.73. The van der Waals surface area contributed by atoms with Gasteiger partial charge >= 0.3 is 207 Å². The van der Waals surface area contributed by atoms with Crippen LogP contribution in [0.1, 0.15) is 76.3 Å². The molecule has 2 aliphatic carbocycles. The molecule has 0 atom stereocenters. The van der Waals surface area contributed by atoms with Crippen molar-refractivity contribution in [3.05, 3.63) is 114 Å². The summed E-state index contributed by atoms with van der Waals surface area (Å²) in [6, 6.07) is 22.9. The van der Waals surface area contributed by atoms with Crippen molar-refractivity contribution in [3.63, 3.8) is 0 Å². The van der Waals surface area contributed by atoms with E-state index in [1.54, 1.807) is 22.3 Å². The SMILES string of the molecule is CCCCC1=[C]([Hf]([CH2]c2ccccc2)([CH2]c2ccccc2)[C]2=C(CCCC)C=CC2)CC=C1. The number of allylic oxidation sites excluding steroid dienone is 8. The van der Waals surface area contributed by atoms with Crippen LogP contribution in [-0.4, -0.2) is 0 Å². The van der Waals surface area contributed by atoms with Gasteiger partial charge in [-0.25, -0.2) is 0 Å². The van der Waals surface area contributed by atoms with Crippen LogP contribution in [-0.2, 0) is 28.3 Å². The molecule has 0 heterocycles. The Balaban J connectivity index is 1.89. The van der Waals surface area contributed by atoms with E-state index >= 15 is 0 Å². The van der Waals surface area contributed by atoms with Crippen LogP contribution in [0.25, 0.3) is 0 Å². The van der Waals surface area contributed by atoms with Crippen molar-refractivity contribution in [2.24, 2.45) is 0 Å². The summed E-state index contributed by atoms with van der Waals surface area (Å²) in [5, 5.41) is 0. The Morgan fingerprint density at radius 1 is 0.606 bits per heavy atom. The molecule has 0 unspecified atom stereocenters. The monoisotopic (exact) mass is 604 g/mol. The molecular formula is C32H40Hf. The van der Waals surface area contributed by atoms with E-state index in [1.807, 2.05) is 6.66 Å². The van der Waals surface area contributed by atoms with Crippen LogP contribution in [0.5, 0.6) is 0 Å². The van der Waals surface area contributed by atoms with Crippen LogP contribution >= 0.6 is 0 Å². The third-order valence-corrected chi connectivity index (χ3v) is 26.9. The summed E-state index contributed by atoms with van der Waals surface area (Å²) in [6.07, 6.45) is 20.1. The summed E-state index contributed by atoms with van der Waals surface area (Å²) >= 11 is -3.23.